The van der Waals surface area contributed by atoms with Gasteiger partial charge in [-0.3, -0.25) is 14.6 Å². The van der Waals surface area contributed by atoms with Crippen LogP contribution in [0.15, 0.2) is 59.8 Å². The summed E-state index contributed by atoms with van der Waals surface area (Å²) in [5, 5.41) is 3.47. The van der Waals surface area contributed by atoms with Crippen molar-refractivity contribution in [3.8, 4) is 0 Å². The van der Waals surface area contributed by atoms with E-state index >= 15 is 0 Å². The highest BCUT2D eigenvalue weighted by molar-refractivity contribution is 6.33. The van der Waals surface area contributed by atoms with E-state index in [2.05, 4.69) is 24.1 Å². The minimum Gasteiger partial charge on any atom is -0.463 e. The highest BCUT2D eigenvalue weighted by Gasteiger charge is 2.39. The largest absolute Gasteiger partial charge is 0.463 e. The monoisotopic (exact) mass is 566 g/mol. The fraction of sp³-hybridized carbons (Fsp3) is 0.452. The Morgan fingerprint density at radius 2 is 1.77 bits per heavy atom. The van der Waals surface area contributed by atoms with Crippen molar-refractivity contribution in [2.75, 3.05) is 39.3 Å². The number of urea groups is 1. The first kappa shape index (κ1) is 29.6. The summed E-state index contributed by atoms with van der Waals surface area (Å²) in [6.45, 7) is 12.6. The van der Waals surface area contributed by atoms with Gasteiger partial charge in [0.1, 0.15) is 0 Å². The van der Waals surface area contributed by atoms with Crippen molar-refractivity contribution in [1.82, 2.24) is 20.0 Å². The number of hydrogen-bond donors (Lipinski definition) is 1. The van der Waals surface area contributed by atoms with Gasteiger partial charge in [-0.2, -0.15) is 0 Å². The molecule has 0 aliphatic carbocycles. The normalized spacial score (nSPS) is 20.1. The number of hydrogen-bond acceptors (Lipinski definition) is 5. The first-order valence-electron chi connectivity index (χ1n) is 14.0. The van der Waals surface area contributed by atoms with Crippen molar-refractivity contribution >= 4 is 29.5 Å². The second kappa shape index (κ2) is 12.9. The van der Waals surface area contributed by atoms with Crippen LogP contribution in [0.2, 0.25) is 5.02 Å². The second-order valence-corrected chi connectivity index (χ2v) is 11.0. The van der Waals surface area contributed by atoms with Gasteiger partial charge in [0.2, 0.25) is 0 Å². The molecule has 0 bridgehead atoms. The summed E-state index contributed by atoms with van der Waals surface area (Å²) in [6.07, 6.45) is 0. The van der Waals surface area contributed by atoms with Gasteiger partial charge in [0.05, 0.1) is 28.8 Å². The number of carbonyl (C=O) groups is 3. The lowest BCUT2D eigenvalue weighted by molar-refractivity contribution is -0.139. The maximum atomic E-state index is 13.4. The molecule has 0 saturated carbocycles. The quantitative estimate of drug-likeness (QED) is 0.443. The van der Waals surface area contributed by atoms with E-state index in [1.807, 2.05) is 49.1 Å². The fourth-order valence-corrected chi connectivity index (χ4v) is 5.68. The van der Waals surface area contributed by atoms with Crippen LogP contribution in [0.5, 0.6) is 0 Å². The molecule has 2 aliphatic rings. The standard InChI is InChI=1S/C31H39ClN4O4/c1-6-35-26(19-34-16-17-36(21(5)18-34)29(37)24-10-8-9-11-25(24)32)27(30(38)40-7-2)28(33-31(35)39)23-14-12-22(13-15-23)20(3)4/h8-15,20-21,28H,6-7,16-19H2,1-5H3,(H,33,39). The molecule has 214 valence electrons. The number of carbonyl (C=O) groups excluding carboxylic acids is 3. The van der Waals surface area contributed by atoms with Crippen LogP contribution >= 0.6 is 11.6 Å². The van der Waals surface area contributed by atoms with E-state index in [-0.39, 0.29) is 24.6 Å². The Kier molecular flexibility index (Phi) is 9.53. The molecule has 8 nitrogen and oxygen atoms in total. The molecule has 2 aromatic rings. The molecule has 0 spiro atoms. The summed E-state index contributed by atoms with van der Waals surface area (Å²) in [7, 11) is 0. The first-order chi connectivity index (χ1) is 19.2. The van der Waals surface area contributed by atoms with E-state index in [0.29, 0.717) is 60.5 Å². The number of nitrogens with one attached hydrogen (secondary N) is 1. The predicted octanol–water partition coefficient (Wildman–Crippen LogP) is 5.21. The molecule has 2 atom stereocenters. The molecule has 1 fully saturated rings. The third-order valence-corrected chi connectivity index (χ3v) is 7.97. The van der Waals surface area contributed by atoms with Gasteiger partial charge in [0.25, 0.3) is 5.91 Å². The average Bonchev–Trinajstić information content (AvgIpc) is 2.93. The zero-order chi connectivity index (χ0) is 29.0. The average molecular weight is 567 g/mol. The fourth-order valence-electron chi connectivity index (χ4n) is 5.46. The molecule has 1 saturated heterocycles. The van der Waals surface area contributed by atoms with Gasteiger partial charge in [0, 0.05) is 44.5 Å². The van der Waals surface area contributed by atoms with Crippen molar-refractivity contribution in [1.29, 1.82) is 0 Å². The lowest BCUT2D eigenvalue weighted by Crippen LogP contribution is -2.56. The van der Waals surface area contributed by atoms with E-state index in [4.69, 9.17) is 16.3 Å². The Hall–Kier alpha value is -3.36. The molecule has 2 heterocycles. The van der Waals surface area contributed by atoms with Gasteiger partial charge in [-0.25, -0.2) is 9.59 Å². The van der Waals surface area contributed by atoms with E-state index in [9.17, 15) is 14.4 Å². The zero-order valence-electron chi connectivity index (χ0n) is 23.9. The number of rotatable bonds is 8. The molecule has 2 aromatic carbocycles. The summed E-state index contributed by atoms with van der Waals surface area (Å²) in [5.41, 5.74) is 3.59. The highest BCUT2D eigenvalue weighted by atomic mass is 35.5. The van der Waals surface area contributed by atoms with Gasteiger partial charge >= 0.3 is 12.0 Å². The van der Waals surface area contributed by atoms with Crippen molar-refractivity contribution < 1.29 is 19.1 Å². The van der Waals surface area contributed by atoms with Crippen LogP contribution in [0, 0.1) is 0 Å². The Morgan fingerprint density at radius 1 is 1.07 bits per heavy atom. The van der Waals surface area contributed by atoms with Crippen LogP contribution in [0.4, 0.5) is 4.79 Å². The molecule has 2 aliphatic heterocycles. The minimum absolute atomic E-state index is 0.0870. The van der Waals surface area contributed by atoms with Gasteiger partial charge in [-0.05, 0) is 49.9 Å². The molecule has 40 heavy (non-hydrogen) atoms. The third kappa shape index (κ3) is 6.18. The van der Waals surface area contributed by atoms with Crippen LogP contribution in [0.1, 0.15) is 68.1 Å². The minimum atomic E-state index is -0.619. The van der Waals surface area contributed by atoms with Crippen LogP contribution in [-0.4, -0.2) is 78.0 Å². The molecule has 0 radical (unpaired) electrons. The lowest BCUT2D eigenvalue weighted by Gasteiger charge is -2.43. The topological polar surface area (TPSA) is 82.2 Å². The lowest BCUT2D eigenvalue weighted by atomic mass is 9.92. The van der Waals surface area contributed by atoms with Crippen LogP contribution < -0.4 is 5.32 Å². The van der Waals surface area contributed by atoms with Gasteiger partial charge < -0.3 is 15.0 Å². The zero-order valence-corrected chi connectivity index (χ0v) is 24.7. The van der Waals surface area contributed by atoms with E-state index in [1.165, 1.54) is 5.56 Å². The van der Waals surface area contributed by atoms with Gasteiger partial charge in [0.15, 0.2) is 0 Å². The highest BCUT2D eigenvalue weighted by Crippen LogP contribution is 2.33. The molecule has 2 unspecified atom stereocenters. The van der Waals surface area contributed by atoms with Crippen molar-refractivity contribution in [3.05, 3.63) is 81.5 Å². The maximum absolute atomic E-state index is 13.4. The number of ether oxygens (including phenoxy) is 1. The summed E-state index contributed by atoms with van der Waals surface area (Å²) >= 11 is 6.30. The number of halogens is 1. The van der Waals surface area contributed by atoms with Crippen LogP contribution in [0.3, 0.4) is 0 Å². The van der Waals surface area contributed by atoms with Crippen LogP contribution in [0.25, 0.3) is 0 Å². The molecular weight excluding hydrogens is 528 g/mol. The summed E-state index contributed by atoms with van der Waals surface area (Å²) < 4.78 is 5.51. The maximum Gasteiger partial charge on any atom is 0.338 e. The second-order valence-electron chi connectivity index (χ2n) is 10.6. The SMILES string of the molecule is CCOC(=O)C1=C(CN2CCN(C(=O)c3ccccc3Cl)C(C)C2)N(CC)C(=O)NC1c1ccc(C(C)C)cc1. The Balaban J connectivity index is 1.64. The molecule has 1 N–H and O–H groups in total. The molecular formula is C31H39ClN4O4. The Bertz CT molecular complexity index is 1280. The van der Waals surface area contributed by atoms with E-state index < -0.39 is 12.0 Å². The van der Waals surface area contributed by atoms with E-state index in [1.54, 1.807) is 30.0 Å². The van der Waals surface area contributed by atoms with Crippen molar-refractivity contribution in [3.63, 3.8) is 0 Å². The van der Waals surface area contributed by atoms with Gasteiger partial charge in [-0.1, -0.05) is 61.8 Å². The summed E-state index contributed by atoms with van der Waals surface area (Å²) in [5.74, 6) is -0.164. The number of piperazine rings is 1. The van der Waals surface area contributed by atoms with Gasteiger partial charge in [-0.15, -0.1) is 0 Å². The first-order valence-corrected chi connectivity index (χ1v) is 14.4. The molecule has 3 amide bonds. The van der Waals surface area contributed by atoms with E-state index in [0.717, 1.165) is 5.56 Å². The number of nitrogens with zero attached hydrogens (tertiary/aromatic N) is 3. The molecule has 0 aromatic heterocycles. The summed E-state index contributed by atoms with van der Waals surface area (Å²) in [6, 6.07) is 14.2. The predicted molar refractivity (Wildman–Crippen MR) is 156 cm³/mol. The molecule has 4 rings (SSSR count). The third-order valence-electron chi connectivity index (χ3n) is 7.64. The summed E-state index contributed by atoms with van der Waals surface area (Å²) in [4.78, 5) is 45.6. The Morgan fingerprint density at radius 3 is 2.38 bits per heavy atom. The smallest absolute Gasteiger partial charge is 0.338 e. The van der Waals surface area contributed by atoms with Crippen LogP contribution in [-0.2, 0) is 9.53 Å². The number of likely N-dealkylation sites (N-methyl/N-ethyl adjacent to an activating group) is 1. The number of benzene rings is 2. The van der Waals surface area contributed by atoms with Crippen molar-refractivity contribution in [2.45, 2.75) is 52.6 Å². The molecule has 9 heteroatoms. The van der Waals surface area contributed by atoms with Crippen molar-refractivity contribution in [2.24, 2.45) is 0 Å². The Labute approximate surface area is 241 Å². The number of esters is 1. The number of amides is 3.